The smallest absolute Gasteiger partial charge is 0.238 e. The van der Waals surface area contributed by atoms with Crippen molar-refractivity contribution in [3.05, 3.63) is 35.9 Å². The van der Waals surface area contributed by atoms with Gasteiger partial charge in [-0.25, -0.2) is 11.7 Å². The van der Waals surface area contributed by atoms with Crippen LogP contribution in [0.25, 0.3) is 0 Å². The van der Waals surface area contributed by atoms with Crippen LogP contribution in [0.4, 0.5) is 0 Å². The van der Waals surface area contributed by atoms with Crippen molar-refractivity contribution in [3.8, 4) is 0 Å². The molecule has 0 saturated heterocycles. The van der Waals surface area contributed by atoms with Gasteiger partial charge >= 0.3 is 0 Å². The Morgan fingerprint density at radius 2 is 1.82 bits per heavy atom. The van der Waals surface area contributed by atoms with E-state index in [2.05, 4.69) is 16.0 Å². The van der Waals surface area contributed by atoms with E-state index in [0.717, 1.165) is 5.56 Å². The van der Waals surface area contributed by atoms with Crippen molar-refractivity contribution < 1.29 is 4.79 Å². The van der Waals surface area contributed by atoms with Crippen LogP contribution < -0.4 is 28.4 Å². The van der Waals surface area contributed by atoms with E-state index < -0.39 is 0 Å². The molecule has 1 aromatic rings. The van der Waals surface area contributed by atoms with E-state index in [-0.39, 0.29) is 5.91 Å². The lowest BCUT2D eigenvalue weighted by Gasteiger charge is -1.97. The van der Waals surface area contributed by atoms with Crippen molar-refractivity contribution in [2.75, 3.05) is 0 Å². The van der Waals surface area contributed by atoms with E-state index in [1.165, 1.54) is 0 Å². The fourth-order valence-electron chi connectivity index (χ4n) is 0.870. The summed E-state index contributed by atoms with van der Waals surface area (Å²) in [6, 6.07) is 9.45. The number of hydrogen-bond donors (Lipinski definition) is 5. The highest BCUT2D eigenvalue weighted by molar-refractivity contribution is 5.78. The van der Waals surface area contributed by atoms with Crippen molar-refractivity contribution in [2.24, 2.45) is 22.6 Å². The Morgan fingerprint density at radius 1 is 1.24 bits per heavy atom. The zero-order valence-corrected chi connectivity index (χ0v) is 9.68. The topological polar surface area (TPSA) is 132 Å². The van der Waals surface area contributed by atoms with Crippen LogP contribution in [0.5, 0.6) is 0 Å². The van der Waals surface area contributed by atoms with Gasteiger partial charge in [0.05, 0.1) is 6.42 Å². The highest BCUT2D eigenvalue weighted by Gasteiger charge is 1.98. The Morgan fingerprint density at radius 3 is 2.18 bits per heavy atom. The summed E-state index contributed by atoms with van der Waals surface area (Å²) < 4.78 is 0. The molecule has 0 atom stereocenters. The largest absolute Gasteiger partial charge is 0.322 e. The van der Waals surface area contributed by atoms with Crippen LogP contribution in [0.15, 0.2) is 35.4 Å². The first-order valence-corrected chi connectivity index (χ1v) is 4.88. The molecular formula is C10H18N6O. The van der Waals surface area contributed by atoms with Gasteiger partial charge in [-0.2, -0.15) is 5.10 Å². The molecule has 17 heavy (non-hydrogen) atoms. The molecule has 94 valence electrons. The van der Waals surface area contributed by atoms with Crippen molar-refractivity contribution in [3.63, 3.8) is 0 Å². The lowest BCUT2D eigenvalue weighted by atomic mass is 10.1. The molecule has 7 nitrogen and oxygen atoms in total. The van der Waals surface area contributed by atoms with Gasteiger partial charge in [0, 0.05) is 0 Å². The number of nitrogens with zero attached hydrogens (tertiary/aromatic N) is 1. The highest BCUT2D eigenvalue weighted by Crippen LogP contribution is 1.98. The van der Waals surface area contributed by atoms with Gasteiger partial charge < -0.3 is 11.3 Å². The number of carbonyl (C=O) groups excluding carboxylic acids is 1. The monoisotopic (exact) mass is 238 g/mol. The maximum absolute atomic E-state index is 10.7. The van der Waals surface area contributed by atoms with Crippen LogP contribution in [-0.4, -0.2) is 11.7 Å². The molecule has 0 aliphatic carbocycles. The summed E-state index contributed by atoms with van der Waals surface area (Å²) in [7, 11) is 0. The molecule has 1 amide bonds. The Hall–Kier alpha value is -2.12. The van der Waals surface area contributed by atoms with E-state index in [0.29, 0.717) is 12.3 Å². The molecular weight excluding hydrogens is 220 g/mol. The third-order valence-electron chi connectivity index (χ3n) is 1.77. The number of hydrogen-bond acceptors (Lipinski definition) is 5. The molecule has 0 fully saturated rings. The summed E-state index contributed by atoms with van der Waals surface area (Å²) in [5, 5.41) is 3.19. The Kier molecular flexibility index (Phi) is 7.99. The van der Waals surface area contributed by atoms with Crippen LogP contribution >= 0.6 is 0 Å². The summed E-state index contributed by atoms with van der Waals surface area (Å²) in [6.45, 7) is 1.67. The first kappa shape index (κ1) is 14.9. The minimum atomic E-state index is -0.170. The number of nitrogens with one attached hydrogen (secondary N) is 2. The second-order valence-corrected chi connectivity index (χ2v) is 3.09. The molecule has 0 saturated carbocycles. The number of hydrazine groups is 2. The third-order valence-corrected chi connectivity index (χ3v) is 1.77. The minimum Gasteiger partial charge on any atom is -0.322 e. The Bertz CT molecular complexity index is 351. The maximum atomic E-state index is 10.7. The molecule has 1 aromatic carbocycles. The second kappa shape index (κ2) is 9.13. The van der Waals surface area contributed by atoms with E-state index in [4.69, 9.17) is 17.5 Å². The molecule has 0 aromatic heterocycles. The molecule has 0 radical (unpaired) electrons. The van der Waals surface area contributed by atoms with Crippen molar-refractivity contribution in [1.82, 2.24) is 10.9 Å². The second-order valence-electron chi connectivity index (χ2n) is 3.09. The first-order valence-electron chi connectivity index (χ1n) is 4.88. The van der Waals surface area contributed by atoms with Crippen molar-refractivity contribution in [2.45, 2.75) is 13.3 Å². The SMILES string of the molecule is CC(=NN)NN.NNC(=O)Cc1ccccc1. The summed E-state index contributed by atoms with van der Waals surface area (Å²) in [6.07, 6.45) is 0.345. The first-order chi connectivity index (χ1) is 8.13. The van der Waals surface area contributed by atoms with Gasteiger partial charge in [0.15, 0.2) is 0 Å². The van der Waals surface area contributed by atoms with Crippen LogP contribution in [-0.2, 0) is 11.2 Å². The number of hydrazone groups is 1. The minimum absolute atomic E-state index is 0.170. The fourth-order valence-corrected chi connectivity index (χ4v) is 0.870. The summed E-state index contributed by atoms with van der Waals surface area (Å²) in [5.41, 5.74) is 5.28. The van der Waals surface area contributed by atoms with Gasteiger partial charge in [0.2, 0.25) is 5.91 Å². The Balaban J connectivity index is 0.000000366. The van der Waals surface area contributed by atoms with Gasteiger partial charge in [0.25, 0.3) is 0 Å². The fraction of sp³-hybridized carbons (Fsp3) is 0.200. The zero-order valence-electron chi connectivity index (χ0n) is 9.68. The molecule has 8 N–H and O–H groups in total. The standard InChI is InChI=1S/C8H10N2O.C2H8N4/c9-10-8(11)6-7-4-2-1-3-5-7;1-2(5-3)6-4/h1-5H,6,9H2,(H,10,11);3-4H2,1H3,(H,5,6). The predicted octanol–water partition coefficient (Wildman–Crippen LogP) is -1.04. The van der Waals surface area contributed by atoms with Gasteiger partial charge in [-0.05, 0) is 12.5 Å². The lowest BCUT2D eigenvalue weighted by molar-refractivity contribution is -0.120. The zero-order chi connectivity index (χ0) is 13.1. The van der Waals surface area contributed by atoms with Gasteiger partial charge in [0.1, 0.15) is 5.84 Å². The van der Waals surface area contributed by atoms with Crippen LogP contribution in [0, 0.1) is 0 Å². The summed E-state index contributed by atoms with van der Waals surface area (Å²) in [4.78, 5) is 10.7. The van der Waals surface area contributed by atoms with E-state index in [1.54, 1.807) is 6.92 Å². The molecule has 0 aliphatic rings. The summed E-state index contributed by atoms with van der Waals surface area (Å²) in [5.74, 6) is 14.8. The number of amides is 1. The molecule has 1 rings (SSSR count). The van der Waals surface area contributed by atoms with E-state index in [9.17, 15) is 4.79 Å². The van der Waals surface area contributed by atoms with Crippen molar-refractivity contribution >= 4 is 11.7 Å². The van der Waals surface area contributed by atoms with Crippen molar-refractivity contribution in [1.29, 1.82) is 0 Å². The Labute approximate surface area is 100.0 Å². The molecule has 0 unspecified atom stereocenters. The summed E-state index contributed by atoms with van der Waals surface area (Å²) >= 11 is 0. The predicted molar refractivity (Wildman–Crippen MR) is 67.1 cm³/mol. The van der Waals surface area contributed by atoms with Gasteiger partial charge in [-0.1, -0.05) is 30.3 Å². The molecule has 7 heteroatoms. The van der Waals surface area contributed by atoms with E-state index in [1.807, 2.05) is 30.3 Å². The molecule has 0 heterocycles. The number of rotatable bonds is 2. The average Bonchev–Trinajstić information content (AvgIpc) is 2.39. The maximum Gasteiger partial charge on any atom is 0.238 e. The lowest BCUT2D eigenvalue weighted by Crippen LogP contribution is -2.31. The number of carbonyl (C=O) groups is 1. The van der Waals surface area contributed by atoms with Gasteiger partial charge in [-0.3, -0.25) is 10.2 Å². The molecule has 0 aliphatic heterocycles. The molecule has 0 bridgehead atoms. The van der Waals surface area contributed by atoms with E-state index >= 15 is 0 Å². The number of nitrogens with two attached hydrogens (primary N) is 3. The van der Waals surface area contributed by atoms with Gasteiger partial charge in [-0.15, -0.1) is 0 Å². The third kappa shape index (κ3) is 7.77. The van der Waals surface area contributed by atoms with Crippen LogP contribution in [0.3, 0.4) is 0 Å². The normalized spacial score (nSPS) is 9.94. The average molecular weight is 238 g/mol. The number of benzene rings is 1. The molecule has 0 spiro atoms. The van der Waals surface area contributed by atoms with Crippen LogP contribution in [0.2, 0.25) is 0 Å². The highest BCUT2D eigenvalue weighted by atomic mass is 16.2. The van der Waals surface area contributed by atoms with Crippen LogP contribution in [0.1, 0.15) is 12.5 Å². The number of amidine groups is 1. The quantitative estimate of drug-likeness (QED) is 0.148.